The number of hydrogen-bond acceptors (Lipinski definition) is 6. The molecule has 0 aliphatic carbocycles. The van der Waals surface area contributed by atoms with E-state index in [2.05, 4.69) is 0 Å². The fraction of sp³-hybridized carbons (Fsp3) is 0.300. The van der Waals surface area contributed by atoms with Gasteiger partial charge in [0.2, 0.25) is 0 Å². The summed E-state index contributed by atoms with van der Waals surface area (Å²) >= 11 is 1.08. The van der Waals surface area contributed by atoms with Gasteiger partial charge in [0.15, 0.2) is 6.29 Å². The molecule has 0 unspecified atom stereocenters. The molecule has 0 aromatic carbocycles. The molecule has 1 aliphatic heterocycles. The van der Waals surface area contributed by atoms with Gasteiger partial charge in [0.1, 0.15) is 23.1 Å². The van der Waals surface area contributed by atoms with Gasteiger partial charge in [-0.15, -0.1) is 11.3 Å². The number of rotatable bonds is 1. The predicted octanol–water partition coefficient (Wildman–Crippen LogP) is 1.41. The Morgan fingerprint density at radius 1 is 1.00 bits per heavy atom. The van der Waals surface area contributed by atoms with Gasteiger partial charge in [0, 0.05) is 0 Å². The van der Waals surface area contributed by atoms with Crippen LogP contribution in [0.15, 0.2) is 0 Å². The molecule has 78 valence electrons. The van der Waals surface area contributed by atoms with E-state index in [0.29, 0.717) is 18.1 Å². The van der Waals surface area contributed by atoms with E-state index in [4.69, 9.17) is 25.3 Å². The van der Waals surface area contributed by atoms with E-state index in [0.717, 1.165) is 11.3 Å². The highest BCUT2D eigenvalue weighted by atomic mass is 32.1. The van der Waals surface area contributed by atoms with E-state index in [-0.39, 0.29) is 16.0 Å². The van der Waals surface area contributed by atoms with Crippen LogP contribution in [0, 0.1) is 34.0 Å². The lowest BCUT2D eigenvalue weighted by atomic mass is 10.1. The summed E-state index contributed by atoms with van der Waals surface area (Å²) in [4.78, 5) is 0.737. The molecule has 0 spiro atoms. The van der Waals surface area contributed by atoms with Crippen molar-refractivity contribution in [3.05, 3.63) is 20.9 Å². The monoisotopic (exact) mass is 231 g/mol. The van der Waals surface area contributed by atoms with E-state index < -0.39 is 6.29 Å². The minimum atomic E-state index is -0.617. The standard InChI is InChI=1S/C10H5N3O2S/c11-3-6-7(4-12)9(16-8(6)5-13)10-14-1-2-15-10/h10H,1-2H2. The van der Waals surface area contributed by atoms with Crippen LogP contribution >= 0.6 is 11.3 Å². The van der Waals surface area contributed by atoms with Crippen LogP contribution in [0.5, 0.6) is 0 Å². The maximum Gasteiger partial charge on any atom is 0.194 e. The molecule has 1 aliphatic rings. The van der Waals surface area contributed by atoms with Crippen molar-refractivity contribution in [1.29, 1.82) is 15.8 Å². The number of nitriles is 3. The van der Waals surface area contributed by atoms with E-state index in [1.165, 1.54) is 0 Å². The second-order valence-electron chi connectivity index (χ2n) is 2.95. The van der Waals surface area contributed by atoms with E-state index in [1.54, 1.807) is 0 Å². The molecule has 1 fully saturated rings. The SMILES string of the molecule is N#Cc1sc(C2OCCO2)c(C#N)c1C#N. The number of ether oxygens (including phenoxy) is 2. The first-order valence-corrected chi connectivity index (χ1v) is 5.23. The summed E-state index contributed by atoms with van der Waals surface area (Å²) in [5, 5.41) is 26.7. The fourth-order valence-corrected chi connectivity index (χ4v) is 2.42. The van der Waals surface area contributed by atoms with Gasteiger partial charge in [-0.05, 0) is 0 Å². The molecule has 1 aromatic rings. The van der Waals surface area contributed by atoms with E-state index in [9.17, 15) is 0 Å². The molecule has 1 saturated heterocycles. The Hall–Kier alpha value is -1.91. The van der Waals surface area contributed by atoms with Gasteiger partial charge in [-0.1, -0.05) is 0 Å². The zero-order valence-corrected chi connectivity index (χ0v) is 8.87. The van der Waals surface area contributed by atoms with Crippen LogP contribution in [0.3, 0.4) is 0 Å². The van der Waals surface area contributed by atoms with Gasteiger partial charge in [0.05, 0.1) is 29.2 Å². The van der Waals surface area contributed by atoms with Crippen molar-refractivity contribution in [3.8, 4) is 18.2 Å². The number of hydrogen-bond donors (Lipinski definition) is 0. The van der Waals surface area contributed by atoms with Crippen molar-refractivity contribution in [1.82, 2.24) is 0 Å². The maximum absolute atomic E-state index is 8.98. The quantitative estimate of drug-likeness (QED) is 0.728. The summed E-state index contributed by atoms with van der Waals surface area (Å²) in [5.41, 5.74) is 0.306. The summed E-state index contributed by atoms with van der Waals surface area (Å²) in [7, 11) is 0. The molecule has 5 nitrogen and oxygen atoms in total. The van der Waals surface area contributed by atoms with Crippen LogP contribution in [0.25, 0.3) is 0 Å². The first-order chi connectivity index (χ1) is 7.81. The van der Waals surface area contributed by atoms with Gasteiger partial charge < -0.3 is 9.47 Å². The largest absolute Gasteiger partial charge is 0.345 e. The molecule has 2 heterocycles. The van der Waals surface area contributed by atoms with Gasteiger partial charge >= 0.3 is 0 Å². The highest BCUT2D eigenvalue weighted by Crippen LogP contribution is 2.35. The Bertz CT molecular complexity index is 538. The molecule has 0 amide bonds. The number of nitrogens with zero attached hydrogens (tertiary/aromatic N) is 3. The lowest BCUT2D eigenvalue weighted by molar-refractivity contribution is -0.0415. The van der Waals surface area contributed by atoms with Gasteiger partial charge in [-0.3, -0.25) is 0 Å². The lowest BCUT2D eigenvalue weighted by Gasteiger charge is -2.05. The van der Waals surface area contributed by atoms with Crippen LogP contribution in [0.1, 0.15) is 27.2 Å². The van der Waals surface area contributed by atoms with Crippen LogP contribution in [0.4, 0.5) is 0 Å². The zero-order chi connectivity index (χ0) is 11.5. The highest BCUT2D eigenvalue weighted by Gasteiger charge is 2.28. The Labute approximate surface area is 95.7 Å². The van der Waals surface area contributed by atoms with Crippen LogP contribution < -0.4 is 0 Å². The Balaban J connectivity index is 2.55. The first kappa shape index (κ1) is 10.6. The average molecular weight is 231 g/mol. The predicted molar refractivity (Wildman–Crippen MR) is 53.1 cm³/mol. The normalized spacial score (nSPS) is 15.3. The van der Waals surface area contributed by atoms with Crippen molar-refractivity contribution in [2.75, 3.05) is 13.2 Å². The summed E-state index contributed by atoms with van der Waals surface area (Å²) in [5.74, 6) is 0. The molecule has 2 rings (SSSR count). The van der Waals surface area contributed by atoms with Crippen LogP contribution in [-0.4, -0.2) is 13.2 Å². The molecule has 0 radical (unpaired) electrons. The Morgan fingerprint density at radius 2 is 1.62 bits per heavy atom. The first-order valence-electron chi connectivity index (χ1n) is 4.42. The maximum atomic E-state index is 8.98. The second kappa shape index (κ2) is 4.30. The zero-order valence-electron chi connectivity index (χ0n) is 8.06. The number of thiophene rings is 1. The van der Waals surface area contributed by atoms with Crippen LogP contribution in [0.2, 0.25) is 0 Å². The van der Waals surface area contributed by atoms with Crippen molar-refractivity contribution < 1.29 is 9.47 Å². The summed E-state index contributed by atoms with van der Waals surface area (Å²) in [6, 6.07) is 5.69. The third kappa shape index (κ3) is 1.54. The summed E-state index contributed by atoms with van der Waals surface area (Å²) in [6.07, 6.45) is -0.617. The van der Waals surface area contributed by atoms with E-state index in [1.807, 2.05) is 18.2 Å². The molecule has 0 atom stereocenters. The molecular weight excluding hydrogens is 226 g/mol. The van der Waals surface area contributed by atoms with Crippen LogP contribution in [-0.2, 0) is 9.47 Å². The third-order valence-electron chi connectivity index (χ3n) is 2.10. The topological polar surface area (TPSA) is 89.8 Å². The van der Waals surface area contributed by atoms with E-state index >= 15 is 0 Å². The lowest BCUT2D eigenvalue weighted by Crippen LogP contribution is -1.97. The van der Waals surface area contributed by atoms with Crippen molar-refractivity contribution in [3.63, 3.8) is 0 Å². The van der Waals surface area contributed by atoms with Gasteiger partial charge in [0.25, 0.3) is 0 Å². The highest BCUT2D eigenvalue weighted by molar-refractivity contribution is 7.13. The van der Waals surface area contributed by atoms with Gasteiger partial charge in [-0.25, -0.2) is 0 Å². The Kier molecular flexibility index (Phi) is 2.85. The molecule has 16 heavy (non-hydrogen) atoms. The minimum absolute atomic E-state index is 0.115. The second-order valence-corrected chi connectivity index (χ2v) is 4.01. The fourth-order valence-electron chi connectivity index (χ4n) is 1.42. The molecule has 6 heteroatoms. The molecule has 1 aromatic heterocycles. The van der Waals surface area contributed by atoms with Crippen molar-refractivity contribution >= 4 is 11.3 Å². The molecular formula is C10H5N3O2S. The van der Waals surface area contributed by atoms with Crippen molar-refractivity contribution in [2.45, 2.75) is 6.29 Å². The van der Waals surface area contributed by atoms with Gasteiger partial charge in [-0.2, -0.15) is 15.8 Å². The summed E-state index contributed by atoms with van der Waals surface area (Å²) in [6.45, 7) is 0.911. The molecule has 0 N–H and O–H groups in total. The average Bonchev–Trinajstić information content (AvgIpc) is 2.94. The van der Waals surface area contributed by atoms with Crippen molar-refractivity contribution in [2.24, 2.45) is 0 Å². The smallest absolute Gasteiger partial charge is 0.194 e. The minimum Gasteiger partial charge on any atom is -0.345 e. The molecule has 0 bridgehead atoms. The summed E-state index contributed by atoms with van der Waals surface area (Å²) < 4.78 is 10.5. The third-order valence-corrected chi connectivity index (χ3v) is 3.21. The molecule has 0 saturated carbocycles. The Morgan fingerprint density at radius 3 is 2.12 bits per heavy atom.